The number of hydrogen-bond donors (Lipinski definition) is 0. The molecule has 0 spiro atoms. The Morgan fingerprint density at radius 1 is 1.17 bits per heavy atom. The van der Waals surface area contributed by atoms with Crippen LogP contribution in [-0.4, -0.2) is 46.9 Å². The number of thiophene rings is 1. The Balaban J connectivity index is 1.42. The highest BCUT2D eigenvalue weighted by molar-refractivity contribution is 7.13. The van der Waals surface area contributed by atoms with E-state index in [1.807, 2.05) is 16.2 Å². The predicted molar refractivity (Wildman–Crippen MR) is 94.3 cm³/mol. The second-order valence-corrected chi connectivity index (χ2v) is 8.36. The van der Waals surface area contributed by atoms with Gasteiger partial charge in [0.25, 0.3) is 5.91 Å². The van der Waals surface area contributed by atoms with Crippen LogP contribution < -0.4 is 0 Å². The summed E-state index contributed by atoms with van der Waals surface area (Å²) in [5.41, 5.74) is 1.16. The first kappa shape index (κ1) is 15.3. The molecule has 1 amide bonds. The number of fused-ring (bicyclic) bond motifs is 1. The third-order valence-electron chi connectivity index (χ3n) is 4.63. The Morgan fingerprint density at radius 3 is 2.78 bits per heavy atom. The van der Waals surface area contributed by atoms with Gasteiger partial charge < -0.3 is 4.90 Å². The monoisotopic (exact) mass is 347 g/mol. The Hall–Kier alpha value is -1.24. The lowest BCUT2D eigenvalue weighted by Gasteiger charge is -2.18. The van der Waals surface area contributed by atoms with Crippen LogP contribution in [0.4, 0.5) is 0 Å². The molecule has 0 radical (unpaired) electrons. The van der Waals surface area contributed by atoms with E-state index >= 15 is 0 Å². The van der Waals surface area contributed by atoms with Gasteiger partial charge in [-0.25, -0.2) is 4.98 Å². The van der Waals surface area contributed by atoms with E-state index in [1.54, 1.807) is 11.3 Å². The molecule has 1 saturated heterocycles. The maximum Gasteiger partial charge on any atom is 0.282 e. The predicted octanol–water partition coefficient (Wildman–Crippen LogP) is 3.04. The van der Waals surface area contributed by atoms with Crippen molar-refractivity contribution in [2.75, 3.05) is 26.2 Å². The second kappa shape index (κ2) is 6.71. The van der Waals surface area contributed by atoms with Gasteiger partial charge in [0.15, 0.2) is 5.01 Å². The number of thiazole rings is 1. The topological polar surface area (TPSA) is 36.4 Å². The van der Waals surface area contributed by atoms with E-state index in [9.17, 15) is 4.79 Å². The van der Waals surface area contributed by atoms with Crippen molar-refractivity contribution < 1.29 is 4.79 Å². The molecule has 6 heteroatoms. The number of rotatable bonds is 3. The lowest BCUT2D eigenvalue weighted by Crippen LogP contribution is -2.28. The molecule has 4 heterocycles. The minimum atomic E-state index is 0.149. The van der Waals surface area contributed by atoms with Crippen LogP contribution in [0.1, 0.15) is 38.1 Å². The summed E-state index contributed by atoms with van der Waals surface area (Å²) in [5, 5.41) is 2.85. The van der Waals surface area contributed by atoms with E-state index in [0.29, 0.717) is 5.01 Å². The van der Waals surface area contributed by atoms with Gasteiger partial charge in [-0.1, -0.05) is 6.07 Å². The van der Waals surface area contributed by atoms with E-state index in [1.165, 1.54) is 9.75 Å². The SMILES string of the molecule is O=C(c1nc2c(s1)CCN(Cc1cccs1)CC2)N1CCCC1. The first-order chi connectivity index (χ1) is 11.3. The summed E-state index contributed by atoms with van der Waals surface area (Å²) in [4.78, 5) is 24.4. The van der Waals surface area contributed by atoms with Crippen molar-refractivity contribution in [3.63, 3.8) is 0 Å². The van der Waals surface area contributed by atoms with Crippen LogP contribution in [0, 0.1) is 0 Å². The van der Waals surface area contributed by atoms with Gasteiger partial charge in [0, 0.05) is 48.9 Å². The molecule has 0 aliphatic carbocycles. The standard InChI is InChI=1S/C17H21N3OS2/c21-17(20-7-1-2-8-20)16-18-14-5-9-19(10-6-15(14)23-16)12-13-4-3-11-22-13/h3-4,11H,1-2,5-10,12H2. The molecule has 0 bridgehead atoms. The van der Waals surface area contributed by atoms with Gasteiger partial charge in [0.2, 0.25) is 0 Å². The molecule has 0 N–H and O–H groups in total. The highest BCUT2D eigenvalue weighted by atomic mass is 32.1. The van der Waals surface area contributed by atoms with Gasteiger partial charge in [-0.2, -0.15) is 0 Å². The van der Waals surface area contributed by atoms with E-state index in [4.69, 9.17) is 4.98 Å². The molecular formula is C17H21N3OS2. The summed E-state index contributed by atoms with van der Waals surface area (Å²) in [6.07, 6.45) is 4.25. The minimum Gasteiger partial charge on any atom is -0.337 e. The first-order valence-corrected chi connectivity index (χ1v) is 10.0. The molecule has 122 valence electrons. The summed E-state index contributed by atoms with van der Waals surface area (Å²) in [6.45, 7) is 4.93. The Bertz CT molecular complexity index is 649. The smallest absolute Gasteiger partial charge is 0.282 e. The largest absolute Gasteiger partial charge is 0.337 e. The summed E-state index contributed by atoms with van der Waals surface area (Å²) in [5.74, 6) is 0.149. The van der Waals surface area contributed by atoms with Gasteiger partial charge in [-0.3, -0.25) is 9.69 Å². The number of likely N-dealkylation sites (tertiary alicyclic amines) is 1. The van der Waals surface area contributed by atoms with Gasteiger partial charge >= 0.3 is 0 Å². The van der Waals surface area contributed by atoms with Crippen LogP contribution in [0.2, 0.25) is 0 Å². The van der Waals surface area contributed by atoms with Crippen molar-refractivity contribution in [3.05, 3.63) is 38.0 Å². The zero-order chi connectivity index (χ0) is 15.6. The quantitative estimate of drug-likeness (QED) is 0.856. The number of nitrogens with zero attached hydrogens (tertiary/aromatic N) is 3. The lowest BCUT2D eigenvalue weighted by atomic mass is 10.2. The average Bonchev–Trinajstić information content (AvgIpc) is 3.29. The fourth-order valence-corrected chi connectivity index (χ4v) is 5.15. The zero-order valence-electron chi connectivity index (χ0n) is 13.2. The molecule has 0 unspecified atom stereocenters. The molecule has 2 aromatic heterocycles. The van der Waals surface area contributed by atoms with Crippen molar-refractivity contribution >= 4 is 28.6 Å². The third kappa shape index (κ3) is 3.34. The molecule has 1 fully saturated rings. The molecule has 2 aromatic rings. The molecule has 0 aromatic carbocycles. The summed E-state index contributed by atoms with van der Waals surface area (Å²) < 4.78 is 0. The molecule has 2 aliphatic heterocycles. The molecule has 4 nitrogen and oxygen atoms in total. The Morgan fingerprint density at radius 2 is 2.00 bits per heavy atom. The van der Waals surface area contributed by atoms with E-state index < -0.39 is 0 Å². The zero-order valence-corrected chi connectivity index (χ0v) is 14.8. The maximum absolute atomic E-state index is 12.5. The number of hydrogen-bond acceptors (Lipinski definition) is 5. The van der Waals surface area contributed by atoms with Crippen molar-refractivity contribution in [2.45, 2.75) is 32.2 Å². The molecule has 0 saturated carbocycles. The van der Waals surface area contributed by atoms with Crippen LogP contribution in [0.15, 0.2) is 17.5 Å². The fraction of sp³-hybridized carbons (Fsp3) is 0.529. The fourth-order valence-electron chi connectivity index (χ4n) is 3.34. The van der Waals surface area contributed by atoms with Gasteiger partial charge in [0.1, 0.15) is 0 Å². The Labute approximate surface area is 144 Å². The molecule has 2 aliphatic rings. The van der Waals surface area contributed by atoms with Crippen molar-refractivity contribution in [1.82, 2.24) is 14.8 Å². The lowest BCUT2D eigenvalue weighted by molar-refractivity contribution is 0.0792. The van der Waals surface area contributed by atoms with E-state index in [2.05, 4.69) is 22.4 Å². The third-order valence-corrected chi connectivity index (χ3v) is 6.64. The number of aromatic nitrogens is 1. The number of carbonyl (C=O) groups excluding carboxylic acids is 1. The van der Waals surface area contributed by atoms with Crippen molar-refractivity contribution in [3.8, 4) is 0 Å². The van der Waals surface area contributed by atoms with Crippen LogP contribution in [0.5, 0.6) is 0 Å². The molecule has 4 rings (SSSR count). The Kier molecular flexibility index (Phi) is 4.46. The second-order valence-electron chi connectivity index (χ2n) is 6.24. The maximum atomic E-state index is 12.5. The summed E-state index contributed by atoms with van der Waals surface area (Å²) in [7, 11) is 0. The van der Waals surface area contributed by atoms with E-state index in [-0.39, 0.29) is 5.91 Å². The van der Waals surface area contributed by atoms with Crippen LogP contribution >= 0.6 is 22.7 Å². The van der Waals surface area contributed by atoms with Gasteiger partial charge in [-0.05, 0) is 30.7 Å². The normalized spacial score (nSPS) is 18.9. The van der Waals surface area contributed by atoms with Crippen LogP contribution in [-0.2, 0) is 19.4 Å². The molecule has 0 atom stereocenters. The minimum absolute atomic E-state index is 0.149. The molecule has 23 heavy (non-hydrogen) atoms. The summed E-state index contributed by atoms with van der Waals surface area (Å²) in [6, 6.07) is 4.32. The van der Waals surface area contributed by atoms with Crippen molar-refractivity contribution in [2.24, 2.45) is 0 Å². The van der Waals surface area contributed by atoms with Crippen LogP contribution in [0.25, 0.3) is 0 Å². The van der Waals surface area contributed by atoms with Gasteiger partial charge in [0.05, 0.1) is 5.69 Å². The highest BCUT2D eigenvalue weighted by Crippen LogP contribution is 2.26. The summed E-state index contributed by atoms with van der Waals surface area (Å²) >= 11 is 3.45. The van der Waals surface area contributed by atoms with Gasteiger partial charge in [-0.15, -0.1) is 22.7 Å². The number of amides is 1. The first-order valence-electron chi connectivity index (χ1n) is 8.32. The number of carbonyl (C=O) groups is 1. The van der Waals surface area contributed by atoms with E-state index in [0.717, 1.165) is 64.1 Å². The average molecular weight is 348 g/mol. The molecular weight excluding hydrogens is 326 g/mol. The van der Waals surface area contributed by atoms with Crippen molar-refractivity contribution in [1.29, 1.82) is 0 Å². The van der Waals surface area contributed by atoms with Crippen LogP contribution in [0.3, 0.4) is 0 Å². The highest BCUT2D eigenvalue weighted by Gasteiger charge is 2.25.